The van der Waals surface area contributed by atoms with E-state index >= 15 is 0 Å². The number of nitrogens with zero attached hydrogens (tertiary/aromatic N) is 3. The summed E-state index contributed by atoms with van der Waals surface area (Å²) in [5, 5.41) is 9.72. The largest absolute Gasteiger partial charge is 0.357 e. The first-order valence-corrected chi connectivity index (χ1v) is 9.42. The summed E-state index contributed by atoms with van der Waals surface area (Å²) in [6.07, 6.45) is 1.79. The Morgan fingerprint density at radius 1 is 1.08 bits per heavy atom. The molecule has 0 radical (unpaired) electrons. The van der Waals surface area contributed by atoms with E-state index in [1.807, 2.05) is 6.07 Å². The summed E-state index contributed by atoms with van der Waals surface area (Å²) in [6.45, 7) is 0. The molecule has 3 rings (SSSR count). The Kier molecular flexibility index (Phi) is 4.38. The molecule has 120 valence electrons. The number of nitriles is 1. The smallest absolute Gasteiger partial charge is 0.340 e. The van der Waals surface area contributed by atoms with Crippen LogP contribution in [-0.4, -0.2) is 24.6 Å². The third kappa shape index (κ3) is 3.18. The topological polar surface area (TPSA) is 92.9 Å². The van der Waals surface area contributed by atoms with Crippen LogP contribution >= 0.6 is 11.8 Å². The molecule has 0 aliphatic carbocycles. The van der Waals surface area contributed by atoms with Crippen LogP contribution in [-0.2, 0) is 10.1 Å². The van der Waals surface area contributed by atoms with E-state index in [1.165, 1.54) is 36.0 Å². The molecule has 0 unspecified atom stereocenters. The van der Waals surface area contributed by atoms with Gasteiger partial charge in [0.15, 0.2) is 5.16 Å². The lowest BCUT2D eigenvalue weighted by Gasteiger charge is -2.09. The molecule has 0 aliphatic rings. The summed E-state index contributed by atoms with van der Waals surface area (Å²) in [5.41, 5.74) is 0.966. The number of hydrogen-bond acceptors (Lipinski definition) is 7. The summed E-state index contributed by atoms with van der Waals surface area (Å²) in [6, 6.07) is 14.4. The van der Waals surface area contributed by atoms with Crippen molar-refractivity contribution in [1.29, 1.82) is 5.26 Å². The van der Waals surface area contributed by atoms with Crippen molar-refractivity contribution in [3.05, 3.63) is 54.1 Å². The minimum absolute atomic E-state index is 0.0192. The van der Waals surface area contributed by atoms with Crippen LogP contribution in [0.4, 0.5) is 0 Å². The van der Waals surface area contributed by atoms with Gasteiger partial charge in [0.2, 0.25) is 5.88 Å². The van der Waals surface area contributed by atoms with Gasteiger partial charge in [-0.1, -0.05) is 23.9 Å². The average molecular weight is 357 g/mol. The number of hydrogen-bond donors (Lipinski definition) is 0. The monoisotopic (exact) mass is 357 g/mol. The van der Waals surface area contributed by atoms with Crippen LogP contribution in [0.3, 0.4) is 0 Å². The molecule has 1 aromatic heterocycles. The van der Waals surface area contributed by atoms with E-state index in [0.29, 0.717) is 21.6 Å². The lowest BCUT2D eigenvalue weighted by molar-refractivity contribution is 0.476. The predicted molar refractivity (Wildman–Crippen MR) is 90.3 cm³/mol. The third-order valence-corrected chi connectivity index (χ3v) is 4.97. The molecule has 1 heterocycles. The maximum Gasteiger partial charge on any atom is 0.340 e. The second-order valence-corrected chi connectivity index (χ2v) is 7.03. The maximum absolute atomic E-state index is 12.5. The minimum Gasteiger partial charge on any atom is -0.357 e. The highest BCUT2D eigenvalue weighted by Gasteiger charge is 2.20. The summed E-state index contributed by atoms with van der Waals surface area (Å²) in [4.78, 5) is 8.44. The summed E-state index contributed by atoms with van der Waals surface area (Å²) < 4.78 is 30.2. The molecule has 0 saturated heterocycles. The van der Waals surface area contributed by atoms with Crippen LogP contribution in [0, 0.1) is 11.3 Å². The van der Waals surface area contributed by atoms with Crippen molar-refractivity contribution in [3.8, 4) is 11.9 Å². The highest BCUT2D eigenvalue weighted by Crippen LogP contribution is 2.27. The zero-order chi connectivity index (χ0) is 17.2. The van der Waals surface area contributed by atoms with Gasteiger partial charge < -0.3 is 4.18 Å². The second-order valence-electron chi connectivity index (χ2n) is 4.71. The Morgan fingerprint density at radius 3 is 2.46 bits per heavy atom. The van der Waals surface area contributed by atoms with Gasteiger partial charge in [0.1, 0.15) is 4.90 Å². The highest BCUT2D eigenvalue weighted by atomic mass is 32.2. The Morgan fingerprint density at radius 2 is 1.79 bits per heavy atom. The van der Waals surface area contributed by atoms with Crippen molar-refractivity contribution in [2.24, 2.45) is 0 Å². The van der Waals surface area contributed by atoms with Crippen molar-refractivity contribution in [2.75, 3.05) is 6.26 Å². The minimum atomic E-state index is -4.06. The van der Waals surface area contributed by atoms with E-state index in [2.05, 4.69) is 9.97 Å². The zero-order valence-corrected chi connectivity index (χ0v) is 14.1. The predicted octanol–water partition coefficient (Wildman–Crippen LogP) is 2.99. The first-order chi connectivity index (χ1) is 11.5. The molecule has 3 aromatic rings. The summed E-state index contributed by atoms with van der Waals surface area (Å²) in [5.74, 6) is -0.0192. The Bertz CT molecular complexity index is 1040. The molecule has 0 aliphatic heterocycles. The van der Waals surface area contributed by atoms with Crippen LogP contribution in [0.1, 0.15) is 5.56 Å². The fourth-order valence-corrected chi connectivity index (χ4v) is 3.29. The normalized spacial score (nSPS) is 11.2. The van der Waals surface area contributed by atoms with E-state index in [0.717, 1.165) is 0 Å². The first-order valence-electron chi connectivity index (χ1n) is 6.79. The van der Waals surface area contributed by atoms with Gasteiger partial charge in [-0.05, 0) is 42.7 Å². The lowest BCUT2D eigenvalue weighted by Crippen LogP contribution is -2.11. The van der Waals surface area contributed by atoms with Gasteiger partial charge in [0, 0.05) is 0 Å². The van der Waals surface area contributed by atoms with Crippen LogP contribution in [0.15, 0.2) is 58.6 Å². The number of thioether (sulfide) groups is 1. The molecule has 0 N–H and O–H groups in total. The third-order valence-electron chi connectivity index (χ3n) is 3.19. The fourth-order valence-electron chi connectivity index (χ4n) is 2.03. The molecule has 0 saturated carbocycles. The van der Waals surface area contributed by atoms with Crippen LogP contribution < -0.4 is 4.18 Å². The number of para-hydroxylation sites is 1. The molecule has 0 atom stereocenters. The van der Waals surface area contributed by atoms with Crippen molar-refractivity contribution in [1.82, 2.24) is 9.97 Å². The van der Waals surface area contributed by atoms with Crippen molar-refractivity contribution in [3.63, 3.8) is 0 Å². The number of rotatable bonds is 4. The molecule has 0 fully saturated rings. The molecule has 24 heavy (non-hydrogen) atoms. The van der Waals surface area contributed by atoms with Gasteiger partial charge in [0.05, 0.1) is 22.5 Å². The molecule has 2 aromatic carbocycles. The quantitative estimate of drug-likeness (QED) is 0.402. The second kappa shape index (κ2) is 6.47. The highest BCUT2D eigenvalue weighted by molar-refractivity contribution is 7.98. The van der Waals surface area contributed by atoms with Gasteiger partial charge in [-0.2, -0.15) is 18.7 Å². The fraction of sp³-hybridized carbons (Fsp3) is 0.0625. The van der Waals surface area contributed by atoms with Crippen molar-refractivity contribution in [2.45, 2.75) is 10.1 Å². The molecular weight excluding hydrogens is 346 g/mol. The molecular formula is C16H11N3O3S2. The molecule has 0 amide bonds. The van der Waals surface area contributed by atoms with E-state index in [4.69, 9.17) is 9.44 Å². The molecule has 0 bridgehead atoms. The van der Waals surface area contributed by atoms with Crippen LogP contribution in [0.2, 0.25) is 0 Å². The van der Waals surface area contributed by atoms with Crippen LogP contribution in [0.5, 0.6) is 5.88 Å². The van der Waals surface area contributed by atoms with Crippen LogP contribution in [0.25, 0.3) is 10.9 Å². The number of fused-ring (bicyclic) bond motifs is 1. The summed E-state index contributed by atoms with van der Waals surface area (Å²) >= 11 is 1.29. The van der Waals surface area contributed by atoms with Crippen molar-refractivity contribution >= 4 is 32.8 Å². The number of aromatic nitrogens is 2. The molecule has 6 nitrogen and oxygen atoms in total. The van der Waals surface area contributed by atoms with E-state index in [9.17, 15) is 8.42 Å². The van der Waals surface area contributed by atoms with E-state index in [1.54, 1.807) is 30.5 Å². The number of benzene rings is 2. The van der Waals surface area contributed by atoms with E-state index in [-0.39, 0.29) is 10.8 Å². The first kappa shape index (κ1) is 16.2. The summed E-state index contributed by atoms with van der Waals surface area (Å²) in [7, 11) is -4.06. The lowest BCUT2D eigenvalue weighted by atomic mass is 10.2. The molecule has 0 spiro atoms. The average Bonchev–Trinajstić information content (AvgIpc) is 2.61. The van der Waals surface area contributed by atoms with Gasteiger partial charge in [-0.15, -0.1) is 0 Å². The Hall–Kier alpha value is -2.63. The molecule has 8 heteroatoms. The maximum atomic E-state index is 12.5. The SMILES string of the molecule is CSc1nc(OS(=O)(=O)c2ccc(C#N)cc2)c2ccccc2n1. The van der Waals surface area contributed by atoms with Gasteiger partial charge in [-0.3, -0.25) is 0 Å². The van der Waals surface area contributed by atoms with Gasteiger partial charge in [0.25, 0.3) is 0 Å². The Balaban J connectivity index is 2.06. The van der Waals surface area contributed by atoms with E-state index < -0.39 is 10.1 Å². The standard InChI is InChI=1S/C16H11N3O3S2/c1-23-16-18-14-5-3-2-4-13(14)15(19-16)22-24(20,21)12-8-6-11(10-17)7-9-12/h2-9H,1H3. The van der Waals surface area contributed by atoms with Gasteiger partial charge >= 0.3 is 10.1 Å². The van der Waals surface area contributed by atoms with Gasteiger partial charge in [-0.25, -0.2) is 4.98 Å². The Labute approximate surface area is 143 Å². The zero-order valence-electron chi connectivity index (χ0n) is 12.5. The van der Waals surface area contributed by atoms with Crippen molar-refractivity contribution < 1.29 is 12.6 Å².